The van der Waals surface area contributed by atoms with Crippen LogP contribution in [0.5, 0.6) is 0 Å². The summed E-state index contributed by atoms with van der Waals surface area (Å²) in [7, 11) is 0. The van der Waals surface area contributed by atoms with E-state index in [4.69, 9.17) is 0 Å². The van der Waals surface area contributed by atoms with Gasteiger partial charge in [0, 0.05) is 19.2 Å². The molecule has 1 amide bonds. The first-order valence-corrected chi connectivity index (χ1v) is 5.53. The molecule has 0 radical (unpaired) electrons. The Hall–Kier alpha value is -2.28. The third-order valence-corrected chi connectivity index (χ3v) is 2.28. The maximum atomic E-state index is 10.9. The second-order valence-electron chi connectivity index (χ2n) is 3.81. The molecule has 0 atom stereocenters. The number of hydrogen-bond donors (Lipinski definition) is 3. The molecular formula is C11H14N6O. The lowest BCUT2D eigenvalue weighted by molar-refractivity contribution is -0.114. The van der Waals surface area contributed by atoms with Gasteiger partial charge in [-0.15, -0.1) is 10.2 Å². The summed E-state index contributed by atoms with van der Waals surface area (Å²) in [6.45, 7) is 2.75. The standard InChI is InChI=1S/C11H14N6O/c1-8(18)13-10-4-2-9(3-5-10)6-12-7-11-14-16-17-15-11/h2-5,12H,6-7H2,1H3,(H,13,18)(H,14,15,16,17). The van der Waals surface area contributed by atoms with Crippen LogP contribution in [0, 0.1) is 0 Å². The summed E-state index contributed by atoms with van der Waals surface area (Å²) >= 11 is 0. The Morgan fingerprint density at radius 1 is 1.28 bits per heavy atom. The van der Waals surface area contributed by atoms with Gasteiger partial charge in [-0.25, -0.2) is 0 Å². The average molecular weight is 246 g/mol. The highest BCUT2D eigenvalue weighted by molar-refractivity contribution is 5.88. The first-order valence-electron chi connectivity index (χ1n) is 5.53. The van der Waals surface area contributed by atoms with Crippen molar-refractivity contribution in [1.29, 1.82) is 0 Å². The quantitative estimate of drug-likeness (QED) is 0.711. The zero-order valence-electron chi connectivity index (χ0n) is 9.97. The number of carbonyl (C=O) groups is 1. The number of nitrogens with zero attached hydrogens (tertiary/aromatic N) is 3. The zero-order valence-corrected chi connectivity index (χ0v) is 9.97. The van der Waals surface area contributed by atoms with Crippen LogP contribution < -0.4 is 10.6 Å². The maximum absolute atomic E-state index is 10.9. The number of rotatable bonds is 5. The molecule has 0 aliphatic carbocycles. The summed E-state index contributed by atoms with van der Waals surface area (Å²) in [5.74, 6) is 0.558. The highest BCUT2D eigenvalue weighted by Gasteiger charge is 1.99. The van der Waals surface area contributed by atoms with Crippen LogP contribution in [0.15, 0.2) is 24.3 Å². The number of H-pyrrole nitrogens is 1. The van der Waals surface area contributed by atoms with Gasteiger partial charge in [0.15, 0.2) is 5.82 Å². The molecule has 2 rings (SSSR count). The van der Waals surface area contributed by atoms with Crippen LogP contribution in [0.1, 0.15) is 18.3 Å². The first kappa shape index (κ1) is 12.2. The number of amides is 1. The highest BCUT2D eigenvalue weighted by Crippen LogP contribution is 2.09. The monoisotopic (exact) mass is 246 g/mol. The molecule has 0 spiro atoms. The number of benzene rings is 1. The van der Waals surface area contributed by atoms with Gasteiger partial charge < -0.3 is 10.6 Å². The van der Waals surface area contributed by atoms with Crippen LogP contribution in [0.25, 0.3) is 0 Å². The minimum atomic E-state index is -0.0713. The molecule has 0 aliphatic heterocycles. The highest BCUT2D eigenvalue weighted by atomic mass is 16.1. The van der Waals surface area contributed by atoms with Crippen LogP contribution in [0.4, 0.5) is 5.69 Å². The van der Waals surface area contributed by atoms with Crippen LogP contribution >= 0.6 is 0 Å². The van der Waals surface area contributed by atoms with E-state index in [1.54, 1.807) is 0 Å². The molecule has 0 unspecified atom stereocenters. The summed E-state index contributed by atoms with van der Waals surface area (Å²) in [5, 5.41) is 19.4. The first-order chi connectivity index (χ1) is 8.74. The molecule has 2 aromatic rings. The van der Waals surface area contributed by atoms with E-state index in [9.17, 15) is 4.79 Å². The summed E-state index contributed by atoms with van der Waals surface area (Å²) < 4.78 is 0. The molecule has 3 N–H and O–H groups in total. The molecule has 1 aromatic heterocycles. The summed E-state index contributed by atoms with van der Waals surface area (Å²) in [4.78, 5) is 10.9. The van der Waals surface area contributed by atoms with E-state index in [1.807, 2.05) is 24.3 Å². The Labute approximate surface area is 104 Å². The molecule has 1 heterocycles. The Morgan fingerprint density at radius 3 is 2.67 bits per heavy atom. The lowest BCUT2D eigenvalue weighted by Crippen LogP contribution is -2.14. The van der Waals surface area contributed by atoms with E-state index >= 15 is 0 Å². The number of nitrogens with one attached hydrogen (secondary N) is 3. The van der Waals surface area contributed by atoms with E-state index in [0.717, 1.165) is 11.3 Å². The van der Waals surface area contributed by atoms with Crippen LogP contribution in [-0.2, 0) is 17.9 Å². The largest absolute Gasteiger partial charge is 0.326 e. The lowest BCUT2D eigenvalue weighted by atomic mass is 10.2. The molecule has 0 saturated carbocycles. The number of aromatic amines is 1. The van der Waals surface area contributed by atoms with Crippen molar-refractivity contribution in [2.45, 2.75) is 20.0 Å². The molecule has 0 aliphatic rings. The average Bonchev–Trinajstić information content (AvgIpc) is 2.84. The number of carbonyl (C=O) groups excluding carboxylic acids is 1. The van der Waals surface area contributed by atoms with Gasteiger partial charge in [0.25, 0.3) is 0 Å². The summed E-state index contributed by atoms with van der Waals surface area (Å²) in [6.07, 6.45) is 0. The Morgan fingerprint density at radius 2 is 2.06 bits per heavy atom. The van der Waals surface area contributed by atoms with E-state index in [1.165, 1.54) is 6.92 Å². The Kier molecular flexibility index (Phi) is 3.98. The molecule has 0 saturated heterocycles. The topological polar surface area (TPSA) is 95.6 Å². The number of anilines is 1. The Balaban J connectivity index is 1.81. The van der Waals surface area contributed by atoms with Gasteiger partial charge in [-0.05, 0) is 17.7 Å². The van der Waals surface area contributed by atoms with Gasteiger partial charge in [0.2, 0.25) is 5.91 Å². The van der Waals surface area contributed by atoms with E-state index in [0.29, 0.717) is 18.9 Å². The lowest BCUT2D eigenvalue weighted by Gasteiger charge is -2.05. The van der Waals surface area contributed by atoms with E-state index in [-0.39, 0.29) is 5.91 Å². The minimum absolute atomic E-state index is 0.0713. The molecule has 7 heteroatoms. The fraction of sp³-hybridized carbons (Fsp3) is 0.273. The molecule has 7 nitrogen and oxygen atoms in total. The number of aromatic nitrogens is 4. The normalized spacial score (nSPS) is 10.3. The van der Waals surface area contributed by atoms with Crippen molar-refractivity contribution in [2.75, 3.05) is 5.32 Å². The minimum Gasteiger partial charge on any atom is -0.326 e. The second-order valence-corrected chi connectivity index (χ2v) is 3.81. The second kappa shape index (κ2) is 5.87. The summed E-state index contributed by atoms with van der Waals surface area (Å²) in [6, 6.07) is 7.64. The van der Waals surface area contributed by atoms with Crippen molar-refractivity contribution in [1.82, 2.24) is 25.9 Å². The molecular weight excluding hydrogens is 232 g/mol. The van der Waals surface area contributed by atoms with E-state index < -0.39 is 0 Å². The van der Waals surface area contributed by atoms with Crippen molar-refractivity contribution < 1.29 is 4.79 Å². The zero-order chi connectivity index (χ0) is 12.8. The third-order valence-electron chi connectivity index (χ3n) is 2.28. The van der Waals surface area contributed by atoms with Crippen LogP contribution in [-0.4, -0.2) is 26.5 Å². The van der Waals surface area contributed by atoms with Crippen molar-refractivity contribution in [2.24, 2.45) is 0 Å². The predicted molar refractivity (Wildman–Crippen MR) is 65.5 cm³/mol. The number of hydrogen-bond acceptors (Lipinski definition) is 5. The fourth-order valence-corrected chi connectivity index (χ4v) is 1.49. The maximum Gasteiger partial charge on any atom is 0.221 e. The Bertz CT molecular complexity index is 493. The van der Waals surface area contributed by atoms with Crippen LogP contribution in [0.3, 0.4) is 0 Å². The van der Waals surface area contributed by atoms with Gasteiger partial charge in [-0.1, -0.05) is 17.3 Å². The molecule has 1 aromatic carbocycles. The smallest absolute Gasteiger partial charge is 0.221 e. The van der Waals surface area contributed by atoms with Gasteiger partial charge in [-0.3, -0.25) is 4.79 Å². The summed E-state index contributed by atoms with van der Waals surface area (Å²) in [5.41, 5.74) is 1.91. The molecule has 0 fully saturated rings. The van der Waals surface area contributed by atoms with Crippen molar-refractivity contribution in [3.05, 3.63) is 35.7 Å². The third kappa shape index (κ3) is 3.63. The number of tetrazole rings is 1. The fourth-order valence-electron chi connectivity index (χ4n) is 1.49. The van der Waals surface area contributed by atoms with Crippen LogP contribution in [0.2, 0.25) is 0 Å². The molecule has 0 bridgehead atoms. The predicted octanol–water partition coefficient (Wildman–Crippen LogP) is 0.448. The SMILES string of the molecule is CC(=O)Nc1ccc(CNCc2nn[nH]n2)cc1. The van der Waals surface area contributed by atoms with Gasteiger partial charge >= 0.3 is 0 Å². The van der Waals surface area contributed by atoms with Crippen molar-refractivity contribution in [3.63, 3.8) is 0 Å². The van der Waals surface area contributed by atoms with Gasteiger partial charge in [-0.2, -0.15) is 5.21 Å². The van der Waals surface area contributed by atoms with Gasteiger partial charge in [0.05, 0.1) is 6.54 Å². The molecule has 18 heavy (non-hydrogen) atoms. The van der Waals surface area contributed by atoms with Crippen molar-refractivity contribution >= 4 is 11.6 Å². The van der Waals surface area contributed by atoms with Crippen molar-refractivity contribution in [3.8, 4) is 0 Å². The van der Waals surface area contributed by atoms with Gasteiger partial charge in [0.1, 0.15) is 0 Å². The molecule has 94 valence electrons. The van der Waals surface area contributed by atoms with E-state index in [2.05, 4.69) is 31.3 Å².